The van der Waals surface area contributed by atoms with E-state index in [9.17, 15) is 9.59 Å². The molecule has 21 heavy (non-hydrogen) atoms. The number of rotatable bonds is 3. The van der Waals surface area contributed by atoms with E-state index in [2.05, 4.69) is 4.98 Å². The summed E-state index contributed by atoms with van der Waals surface area (Å²) in [5.74, 6) is -0.535. The second kappa shape index (κ2) is 5.60. The lowest BCUT2D eigenvalue weighted by atomic mass is 9.93. The van der Waals surface area contributed by atoms with Crippen LogP contribution in [0.5, 0.6) is 0 Å². The molecule has 0 saturated carbocycles. The van der Waals surface area contributed by atoms with E-state index in [0.29, 0.717) is 18.7 Å². The van der Waals surface area contributed by atoms with Gasteiger partial charge in [-0.2, -0.15) is 0 Å². The molecule has 1 fully saturated rings. The van der Waals surface area contributed by atoms with Gasteiger partial charge in [-0.15, -0.1) is 0 Å². The molecule has 2 aromatic rings. The van der Waals surface area contributed by atoms with Crippen LogP contribution in [0.15, 0.2) is 30.5 Å². The maximum atomic E-state index is 12.6. The molecule has 0 bridgehead atoms. The van der Waals surface area contributed by atoms with Crippen molar-refractivity contribution in [3.05, 3.63) is 36.0 Å². The van der Waals surface area contributed by atoms with E-state index in [0.717, 1.165) is 23.7 Å². The standard InChI is InChI=1S/C16H18N2O3/c19-15(20)9-11-5-7-18(8-6-11)16(21)13-10-17-14-4-2-1-3-12(13)14/h1-4,10-11,17H,5-9H2,(H,19,20). The molecule has 3 rings (SSSR count). The summed E-state index contributed by atoms with van der Waals surface area (Å²) in [7, 11) is 0. The largest absolute Gasteiger partial charge is 0.481 e. The van der Waals surface area contributed by atoms with Crippen LogP contribution in [0.3, 0.4) is 0 Å². The number of carbonyl (C=O) groups is 2. The van der Waals surface area contributed by atoms with E-state index in [4.69, 9.17) is 5.11 Å². The first-order chi connectivity index (χ1) is 10.1. The van der Waals surface area contributed by atoms with Gasteiger partial charge in [0.1, 0.15) is 0 Å². The molecule has 5 nitrogen and oxygen atoms in total. The molecule has 1 aliphatic rings. The quantitative estimate of drug-likeness (QED) is 0.910. The van der Waals surface area contributed by atoms with Crippen molar-refractivity contribution in [1.82, 2.24) is 9.88 Å². The normalized spacial score (nSPS) is 16.3. The molecule has 1 amide bonds. The molecule has 5 heteroatoms. The van der Waals surface area contributed by atoms with Crippen LogP contribution in [0.2, 0.25) is 0 Å². The predicted octanol–water partition coefficient (Wildman–Crippen LogP) is 2.49. The number of carbonyl (C=O) groups excluding carboxylic acids is 1. The molecule has 1 aromatic carbocycles. The van der Waals surface area contributed by atoms with E-state index in [1.54, 1.807) is 6.20 Å². The summed E-state index contributed by atoms with van der Waals surface area (Å²) in [4.78, 5) is 28.3. The van der Waals surface area contributed by atoms with E-state index in [-0.39, 0.29) is 18.2 Å². The van der Waals surface area contributed by atoms with E-state index < -0.39 is 5.97 Å². The van der Waals surface area contributed by atoms with Crippen molar-refractivity contribution in [2.75, 3.05) is 13.1 Å². The monoisotopic (exact) mass is 286 g/mol. The van der Waals surface area contributed by atoms with Crippen LogP contribution in [0.25, 0.3) is 10.9 Å². The average Bonchev–Trinajstić information content (AvgIpc) is 2.90. The van der Waals surface area contributed by atoms with Gasteiger partial charge in [0.05, 0.1) is 5.56 Å². The summed E-state index contributed by atoms with van der Waals surface area (Å²) < 4.78 is 0. The van der Waals surface area contributed by atoms with Gasteiger partial charge in [-0.25, -0.2) is 0 Å². The number of para-hydroxylation sites is 1. The Kier molecular flexibility index (Phi) is 3.64. The van der Waals surface area contributed by atoms with Crippen LogP contribution in [-0.4, -0.2) is 40.0 Å². The molecule has 1 aromatic heterocycles. The van der Waals surface area contributed by atoms with Gasteiger partial charge in [-0.1, -0.05) is 18.2 Å². The molecule has 0 aliphatic carbocycles. The molecule has 2 heterocycles. The number of carboxylic acids is 1. The Morgan fingerprint density at radius 2 is 1.95 bits per heavy atom. The number of aliphatic carboxylic acids is 1. The Hall–Kier alpha value is -2.30. The fraction of sp³-hybridized carbons (Fsp3) is 0.375. The summed E-state index contributed by atoms with van der Waals surface area (Å²) >= 11 is 0. The molecule has 0 radical (unpaired) electrons. The second-order valence-corrected chi connectivity index (χ2v) is 5.58. The van der Waals surface area contributed by atoms with Crippen LogP contribution >= 0.6 is 0 Å². The first-order valence-electron chi connectivity index (χ1n) is 7.22. The number of likely N-dealkylation sites (tertiary alicyclic amines) is 1. The van der Waals surface area contributed by atoms with Crippen LogP contribution in [-0.2, 0) is 4.79 Å². The fourth-order valence-electron chi connectivity index (χ4n) is 3.01. The fourth-order valence-corrected chi connectivity index (χ4v) is 3.01. The minimum atomic E-state index is -0.753. The molecular formula is C16H18N2O3. The van der Waals surface area contributed by atoms with Gasteiger partial charge in [0.2, 0.25) is 0 Å². The first-order valence-corrected chi connectivity index (χ1v) is 7.22. The third-order valence-corrected chi connectivity index (χ3v) is 4.18. The molecular weight excluding hydrogens is 268 g/mol. The molecule has 0 unspecified atom stereocenters. The summed E-state index contributed by atoms with van der Waals surface area (Å²) in [6.07, 6.45) is 3.49. The second-order valence-electron chi connectivity index (χ2n) is 5.58. The maximum Gasteiger partial charge on any atom is 0.303 e. The van der Waals surface area contributed by atoms with Crippen LogP contribution in [0.4, 0.5) is 0 Å². The number of fused-ring (bicyclic) bond motifs is 1. The smallest absolute Gasteiger partial charge is 0.303 e. The summed E-state index contributed by atoms with van der Waals surface area (Å²) in [6, 6.07) is 7.75. The number of benzene rings is 1. The lowest BCUT2D eigenvalue weighted by Crippen LogP contribution is -2.38. The highest BCUT2D eigenvalue weighted by Gasteiger charge is 2.26. The van der Waals surface area contributed by atoms with Crippen molar-refractivity contribution in [3.8, 4) is 0 Å². The van der Waals surface area contributed by atoms with Gasteiger partial charge >= 0.3 is 5.97 Å². The number of aromatic nitrogens is 1. The number of hydrogen-bond donors (Lipinski definition) is 2. The highest BCUT2D eigenvalue weighted by atomic mass is 16.4. The number of aromatic amines is 1. The summed E-state index contributed by atoms with van der Waals surface area (Å²) in [6.45, 7) is 1.27. The number of hydrogen-bond acceptors (Lipinski definition) is 2. The highest BCUT2D eigenvalue weighted by Crippen LogP contribution is 2.24. The number of nitrogens with zero attached hydrogens (tertiary/aromatic N) is 1. The lowest BCUT2D eigenvalue weighted by Gasteiger charge is -2.31. The van der Waals surface area contributed by atoms with Gasteiger partial charge in [-0.05, 0) is 24.8 Å². The third-order valence-electron chi connectivity index (χ3n) is 4.18. The molecule has 110 valence electrons. The molecule has 0 atom stereocenters. The molecule has 1 aliphatic heterocycles. The topological polar surface area (TPSA) is 73.4 Å². The van der Waals surface area contributed by atoms with Crippen LogP contribution in [0, 0.1) is 5.92 Å². The summed E-state index contributed by atoms with van der Waals surface area (Å²) in [5.41, 5.74) is 1.66. The van der Waals surface area contributed by atoms with Crippen molar-refractivity contribution in [2.45, 2.75) is 19.3 Å². The Morgan fingerprint density at radius 3 is 2.67 bits per heavy atom. The number of amides is 1. The van der Waals surface area contributed by atoms with Crippen molar-refractivity contribution in [2.24, 2.45) is 5.92 Å². The van der Waals surface area contributed by atoms with Crippen molar-refractivity contribution < 1.29 is 14.7 Å². The predicted molar refractivity (Wildman–Crippen MR) is 79.2 cm³/mol. The van der Waals surface area contributed by atoms with Gasteiger partial charge < -0.3 is 15.0 Å². The van der Waals surface area contributed by atoms with E-state index in [1.165, 1.54) is 0 Å². The molecule has 0 spiro atoms. The zero-order valence-electron chi connectivity index (χ0n) is 11.7. The van der Waals surface area contributed by atoms with Crippen molar-refractivity contribution in [1.29, 1.82) is 0 Å². The zero-order chi connectivity index (χ0) is 14.8. The van der Waals surface area contributed by atoms with Gasteiger partial charge in [0.25, 0.3) is 5.91 Å². The minimum Gasteiger partial charge on any atom is -0.481 e. The SMILES string of the molecule is O=C(O)CC1CCN(C(=O)c2c[nH]c3ccccc23)CC1. The van der Waals surface area contributed by atoms with Crippen LogP contribution < -0.4 is 0 Å². The van der Waals surface area contributed by atoms with E-state index >= 15 is 0 Å². The first kappa shape index (κ1) is 13.7. The Bertz CT molecular complexity index is 669. The Labute approximate surface area is 122 Å². The molecule has 1 saturated heterocycles. The van der Waals surface area contributed by atoms with Crippen LogP contribution in [0.1, 0.15) is 29.6 Å². The zero-order valence-corrected chi connectivity index (χ0v) is 11.7. The number of H-pyrrole nitrogens is 1. The van der Waals surface area contributed by atoms with Crippen molar-refractivity contribution >= 4 is 22.8 Å². The number of piperidine rings is 1. The average molecular weight is 286 g/mol. The lowest BCUT2D eigenvalue weighted by molar-refractivity contribution is -0.138. The summed E-state index contributed by atoms with van der Waals surface area (Å²) in [5, 5.41) is 9.76. The molecule has 2 N–H and O–H groups in total. The third kappa shape index (κ3) is 2.77. The van der Waals surface area contributed by atoms with Gasteiger partial charge in [-0.3, -0.25) is 9.59 Å². The maximum absolute atomic E-state index is 12.6. The van der Waals surface area contributed by atoms with Crippen molar-refractivity contribution in [3.63, 3.8) is 0 Å². The minimum absolute atomic E-state index is 0.0289. The Morgan fingerprint density at radius 1 is 1.24 bits per heavy atom. The number of carboxylic acid groups (broad SMARTS) is 1. The van der Waals surface area contributed by atoms with Gasteiger partial charge in [0.15, 0.2) is 0 Å². The van der Waals surface area contributed by atoms with Gasteiger partial charge in [0, 0.05) is 36.6 Å². The highest BCUT2D eigenvalue weighted by molar-refractivity contribution is 6.06. The Balaban J connectivity index is 1.71. The van der Waals surface area contributed by atoms with E-state index in [1.807, 2.05) is 29.2 Å². The number of nitrogens with one attached hydrogen (secondary N) is 1.